The zero-order valence-corrected chi connectivity index (χ0v) is 11.9. The molecule has 1 unspecified atom stereocenters. The Labute approximate surface area is 117 Å². The van der Waals surface area contributed by atoms with Crippen molar-refractivity contribution in [2.75, 3.05) is 19.0 Å². The molecule has 1 heterocycles. The average molecular weight is 290 g/mol. The van der Waals surface area contributed by atoms with Crippen molar-refractivity contribution in [2.24, 2.45) is 0 Å². The maximum absolute atomic E-state index is 13.2. The molecule has 0 amide bonds. The lowest BCUT2D eigenvalue weighted by Crippen LogP contribution is -2.52. The lowest BCUT2D eigenvalue weighted by Gasteiger charge is -2.42. The topological polar surface area (TPSA) is 12.5 Å². The molecule has 106 valence electrons. The summed E-state index contributed by atoms with van der Waals surface area (Å²) in [5.74, 6) is -1.19. The smallest absolute Gasteiger partial charge is 0.159 e. The molecule has 0 radical (unpaired) electrons. The highest BCUT2D eigenvalue weighted by molar-refractivity contribution is 6.18. The summed E-state index contributed by atoms with van der Waals surface area (Å²) in [4.78, 5) is 2.16. The van der Waals surface area contributed by atoms with Crippen molar-refractivity contribution in [1.29, 1.82) is 0 Å². The van der Waals surface area contributed by atoms with E-state index >= 15 is 0 Å². The molecule has 2 nitrogen and oxygen atoms in total. The third-order valence-corrected chi connectivity index (χ3v) is 3.46. The molecule has 0 aromatic heterocycles. The maximum Gasteiger partial charge on any atom is 0.159 e. The Morgan fingerprint density at radius 2 is 2.11 bits per heavy atom. The van der Waals surface area contributed by atoms with E-state index < -0.39 is 11.6 Å². The summed E-state index contributed by atoms with van der Waals surface area (Å²) in [7, 11) is 0. The van der Waals surface area contributed by atoms with Gasteiger partial charge in [0.25, 0.3) is 0 Å². The van der Waals surface area contributed by atoms with E-state index in [4.69, 9.17) is 16.3 Å². The fourth-order valence-corrected chi connectivity index (χ4v) is 2.67. The number of hydrogen-bond acceptors (Lipinski definition) is 2. The molecule has 1 atom stereocenters. The number of alkyl halides is 1. The highest BCUT2D eigenvalue weighted by Crippen LogP contribution is 2.23. The van der Waals surface area contributed by atoms with Crippen molar-refractivity contribution in [3.63, 3.8) is 0 Å². The quantitative estimate of drug-likeness (QED) is 0.793. The largest absolute Gasteiger partial charge is 0.368 e. The van der Waals surface area contributed by atoms with Crippen LogP contribution >= 0.6 is 11.6 Å². The van der Waals surface area contributed by atoms with Gasteiger partial charge in [0.05, 0.1) is 11.7 Å². The first-order valence-corrected chi connectivity index (χ1v) is 6.83. The summed E-state index contributed by atoms with van der Waals surface area (Å²) in [5.41, 5.74) is 0.473. The second-order valence-corrected chi connectivity index (χ2v) is 5.88. The molecule has 1 aromatic carbocycles. The molecule has 19 heavy (non-hydrogen) atoms. The van der Waals surface area contributed by atoms with Gasteiger partial charge in [-0.2, -0.15) is 0 Å². The first-order chi connectivity index (χ1) is 8.89. The van der Waals surface area contributed by atoms with Crippen molar-refractivity contribution >= 4 is 11.6 Å². The fraction of sp³-hybridized carbons (Fsp3) is 0.571. The van der Waals surface area contributed by atoms with E-state index in [1.807, 2.05) is 13.8 Å². The number of hydrogen-bond donors (Lipinski definition) is 0. The summed E-state index contributed by atoms with van der Waals surface area (Å²) in [5, 5.41) is 0. The van der Waals surface area contributed by atoms with Crippen LogP contribution in [0.25, 0.3) is 0 Å². The molecular weight excluding hydrogens is 272 g/mol. The lowest BCUT2D eigenvalue weighted by molar-refractivity contribution is -0.129. The minimum absolute atomic E-state index is 0.0317. The van der Waals surface area contributed by atoms with Gasteiger partial charge < -0.3 is 4.74 Å². The zero-order valence-electron chi connectivity index (χ0n) is 11.1. The minimum atomic E-state index is -0.815. The summed E-state index contributed by atoms with van der Waals surface area (Å²) in [6, 6.07) is 4.01. The number of morpholine rings is 1. The Balaban J connectivity index is 2.07. The van der Waals surface area contributed by atoms with Crippen LogP contribution in [0.4, 0.5) is 8.78 Å². The van der Waals surface area contributed by atoms with Crippen molar-refractivity contribution in [1.82, 2.24) is 4.90 Å². The van der Waals surface area contributed by atoms with Crippen LogP contribution in [0.5, 0.6) is 0 Å². The Morgan fingerprint density at radius 1 is 1.37 bits per heavy atom. The van der Waals surface area contributed by atoms with Crippen LogP contribution in [0.2, 0.25) is 0 Å². The van der Waals surface area contributed by atoms with Gasteiger partial charge in [0.2, 0.25) is 0 Å². The second-order valence-electron chi connectivity index (χ2n) is 5.57. The molecule has 0 aliphatic carbocycles. The van der Waals surface area contributed by atoms with Gasteiger partial charge in [-0.1, -0.05) is 6.07 Å². The van der Waals surface area contributed by atoms with E-state index in [-0.39, 0.29) is 11.7 Å². The highest BCUT2D eigenvalue weighted by atomic mass is 35.5. The molecule has 1 aliphatic heterocycles. The van der Waals surface area contributed by atoms with Gasteiger partial charge in [-0.25, -0.2) is 8.78 Å². The Morgan fingerprint density at radius 3 is 2.74 bits per heavy atom. The number of benzene rings is 1. The third kappa shape index (κ3) is 3.88. The van der Waals surface area contributed by atoms with Gasteiger partial charge in [-0.05, 0) is 31.5 Å². The highest BCUT2D eigenvalue weighted by Gasteiger charge is 2.32. The molecule has 0 bridgehead atoms. The van der Waals surface area contributed by atoms with E-state index in [1.165, 1.54) is 6.07 Å². The Bertz CT molecular complexity index is 453. The standard InChI is InChI=1S/C14H18ClF2NO/c1-14(2)9-18(8-11(6-15)19-14)7-10-3-4-12(16)13(17)5-10/h3-5,11H,6-9H2,1-2H3. The van der Waals surface area contributed by atoms with Gasteiger partial charge >= 0.3 is 0 Å². The lowest BCUT2D eigenvalue weighted by atomic mass is 10.0. The third-order valence-electron chi connectivity index (χ3n) is 3.11. The monoisotopic (exact) mass is 289 g/mol. The molecule has 5 heteroatoms. The van der Waals surface area contributed by atoms with Crippen LogP contribution in [0.1, 0.15) is 19.4 Å². The van der Waals surface area contributed by atoms with Crippen molar-refractivity contribution < 1.29 is 13.5 Å². The summed E-state index contributed by atoms with van der Waals surface area (Å²) in [6.07, 6.45) is -0.0317. The van der Waals surface area contributed by atoms with E-state index in [0.29, 0.717) is 19.0 Å². The molecular formula is C14H18ClF2NO. The van der Waals surface area contributed by atoms with Crippen LogP contribution in [0.15, 0.2) is 18.2 Å². The normalized spacial score (nSPS) is 23.5. The minimum Gasteiger partial charge on any atom is -0.368 e. The van der Waals surface area contributed by atoms with E-state index in [2.05, 4.69) is 4.90 Å². The second kappa shape index (κ2) is 5.73. The predicted molar refractivity (Wildman–Crippen MR) is 71.3 cm³/mol. The maximum atomic E-state index is 13.2. The molecule has 0 saturated carbocycles. The molecule has 0 N–H and O–H groups in total. The number of halogens is 3. The van der Waals surface area contributed by atoms with Gasteiger partial charge in [-0.15, -0.1) is 11.6 Å². The first kappa shape index (κ1) is 14.7. The van der Waals surface area contributed by atoms with Crippen LogP contribution < -0.4 is 0 Å². The van der Waals surface area contributed by atoms with E-state index in [9.17, 15) is 8.78 Å². The molecule has 1 saturated heterocycles. The van der Waals surface area contributed by atoms with Gasteiger partial charge in [0.1, 0.15) is 0 Å². The van der Waals surface area contributed by atoms with Crippen molar-refractivity contribution in [2.45, 2.75) is 32.1 Å². The van der Waals surface area contributed by atoms with Crippen LogP contribution in [0.3, 0.4) is 0 Å². The van der Waals surface area contributed by atoms with E-state index in [0.717, 1.165) is 18.2 Å². The number of rotatable bonds is 3. The van der Waals surface area contributed by atoms with Crippen LogP contribution in [-0.4, -0.2) is 35.6 Å². The predicted octanol–water partition coefficient (Wildman–Crippen LogP) is 3.18. The Hall–Kier alpha value is -0.710. The number of nitrogens with zero attached hydrogens (tertiary/aromatic N) is 1. The summed E-state index contributed by atoms with van der Waals surface area (Å²) >= 11 is 5.86. The zero-order chi connectivity index (χ0) is 14.0. The Kier molecular flexibility index (Phi) is 4.43. The van der Waals surface area contributed by atoms with Gasteiger partial charge in [-0.3, -0.25) is 4.90 Å². The molecule has 0 spiro atoms. The first-order valence-electron chi connectivity index (χ1n) is 6.30. The van der Waals surface area contributed by atoms with Crippen LogP contribution in [-0.2, 0) is 11.3 Å². The molecule has 2 rings (SSSR count). The van der Waals surface area contributed by atoms with E-state index in [1.54, 1.807) is 6.07 Å². The molecule has 1 aliphatic rings. The summed E-state index contributed by atoms with van der Waals surface area (Å²) in [6.45, 7) is 6.01. The van der Waals surface area contributed by atoms with Gasteiger partial charge in [0.15, 0.2) is 11.6 Å². The SMILES string of the molecule is CC1(C)CN(Cc2ccc(F)c(F)c2)CC(CCl)O1. The van der Waals surface area contributed by atoms with Crippen LogP contribution in [0, 0.1) is 11.6 Å². The fourth-order valence-electron chi connectivity index (χ4n) is 2.51. The molecule has 1 aromatic rings. The van der Waals surface area contributed by atoms with Crippen molar-refractivity contribution in [3.8, 4) is 0 Å². The van der Waals surface area contributed by atoms with Crippen molar-refractivity contribution in [3.05, 3.63) is 35.4 Å². The average Bonchev–Trinajstić information content (AvgIpc) is 2.32. The number of ether oxygens (including phenoxy) is 1. The van der Waals surface area contributed by atoms with Gasteiger partial charge in [0, 0.05) is 25.5 Å². The molecule has 1 fully saturated rings. The summed E-state index contributed by atoms with van der Waals surface area (Å²) < 4.78 is 31.9.